The van der Waals surface area contributed by atoms with E-state index in [2.05, 4.69) is 55.9 Å². The molecule has 0 aliphatic carbocycles. The zero-order valence-electron chi connectivity index (χ0n) is 33.7. The molecule has 58 heavy (non-hydrogen) atoms. The standard InChI is InChI=1S/C44H50N8O6/c1-7-21-51(42(54)37(25(2)3)50-44(56)58-6)26(4)39-45-23-34(47-39)29-15-11-27(12-16-29)28-13-17-30(18-14-28)35-24-46-40(48-35)36-22-32-10-8-9-31-19-20-33(49-43(55)57-5)41(53)52(36)38(31)32/h8-18,23-26,33,36-37H,7,19-22H2,1-6H3,(H,45,47)(H,46,48)(H,49,55)(H,50,56)/t26-,33-,36-,37-/m0/s1. The molecule has 3 aromatic carbocycles. The minimum atomic E-state index is -0.729. The van der Waals surface area contributed by atoms with Gasteiger partial charge in [-0.25, -0.2) is 19.6 Å². The summed E-state index contributed by atoms with van der Waals surface area (Å²) >= 11 is 0. The number of carbonyl (C=O) groups excluding carboxylic acids is 4. The third kappa shape index (κ3) is 7.91. The highest BCUT2D eigenvalue weighted by molar-refractivity contribution is 6.02. The molecule has 4 heterocycles. The number of nitrogens with one attached hydrogen (secondary N) is 4. The topological polar surface area (TPSA) is 175 Å². The Hall–Kier alpha value is -6.44. The predicted molar refractivity (Wildman–Crippen MR) is 220 cm³/mol. The van der Waals surface area contributed by atoms with Crippen LogP contribution in [0.5, 0.6) is 0 Å². The first-order chi connectivity index (χ1) is 28.0. The lowest BCUT2D eigenvalue weighted by Gasteiger charge is -2.33. The first-order valence-corrected chi connectivity index (χ1v) is 19.8. The Balaban J connectivity index is 1.04. The van der Waals surface area contributed by atoms with Crippen LogP contribution >= 0.6 is 0 Å². The number of alkyl carbamates (subject to hydrolysis) is 2. The second-order valence-corrected chi connectivity index (χ2v) is 15.2. The van der Waals surface area contributed by atoms with Crippen molar-refractivity contribution in [3.63, 3.8) is 0 Å². The van der Waals surface area contributed by atoms with E-state index in [1.807, 2.05) is 64.1 Å². The zero-order chi connectivity index (χ0) is 41.1. The number of amides is 4. The molecule has 2 aliphatic heterocycles. The van der Waals surface area contributed by atoms with E-state index in [1.54, 1.807) is 22.2 Å². The Bertz CT molecular complexity index is 2280. The monoisotopic (exact) mass is 786 g/mol. The van der Waals surface area contributed by atoms with E-state index in [9.17, 15) is 19.2 Å². The van der Waals surface area contributed by atoms with Gasteiger partial charge in [0.25, 0.3) is 0 Å². The summed E-state index contributed by atoms with van der Waals surface area (Å²) in [4.78, 5) is 71.5. The van der Waals surface area contributed by atoms with Gasteiger partial charge in [0.2, 0.25) is 11.8 Å². The van der Waals surface area contributed by atoms with Crippen LogP contribution in [-0.4, -0.2) is 81.7 Å². The van der Waals surface area contributed by atoms with Crippen LogP contribution in [0, 0.1) is 5.92 Å². The van der Waals surface area contributed by atoms with Crippen molar-refractivity contribution in [1.29, 1.82) is 0 Å². The molecule has 2 aromatic heterocycles. The minimum Gasteiger partial charge on any atom is -0.453 e. The Labute approximate surface area is 337 Å². The third-order valence-corrected chi connectivity index (χ3v) is 11.1. The van der Waals surface area contributed by atoms with Crippen LogP contribution in [0.15, 0.2) is 79.1 Å². The van der Waals surface area contributed by atoms with Crippen LogP contribution in [-0.2, 0) is 31.9 Å². The van der Waals surface area contributed by atoms with Crippen molar-refractivity contribution >= 4 is 29.7 Å². The highest BCUT2D eigenvalue weighted by Gasteiger charge is 2.43. The molecule has 7 rings (SSSR count). The summed E-state index contributed by atoms with van der Waals surface area (Å²) < 4.78 is 9.58. The zero-order valence-corrected chi connectivity index (χ0v) is 33.7. The van der Waals surface area contributed by atoms with Gasteiger partial charge in [-0.2, -0.15) is 0 Å². The maximum Gasteiger partial charge on any atom is 0.407 e. The summed E-state index contributed by atoms with van der Waals surface area (Å²) in [5.74, 6) is 0.836. The Morgan fingerprint density at radius 2 is 1.45 bits per heavy atom. The molecule has 14 heteroatoms. The van der Waals surface area contributed by atoms with E-state index < -0.39 is 24.3 Å². The molecule has 0 saturated heterocycles. The molecule has 0 radical (unpaired) electrons. The fraction of sp³-hybridized carbons (Fsp3) is 0.364. The number of anilines is 1. The second-order valence-electron chi connectivity index (χ2n) is 15.2. The van der Waals surface area contributed by atoms with Gasteiger partial charge in [-0.05, 0) is 65.5 Å². The Morgan fingerprint density at radius 1 is 0.845 bits per heavy atom. The number of aromatic amines is 2. The van der Waals surface area contributed by atoms with Crippen molar-refractivity contribution in [2.45, 2.75) is 77.5 Å². The van der Waals surface area contributed by atoms with Gasteiger partial charge in [0.05, 0.1) is 55.8 Å². The lowest BCUT2D eigenvalue weighted by molar-refractivity contribution is -0.136. The smallest absolute Gasteiger partial charge is 0.407 e. The summed E-state index contributed by atoms with van der Waals surface area (Å²) in [7, 11) is 2.58. The number of methoxy groups -OCH3 is 2. The van der Waals surface area contributed by atoms with E-state index in [4.69, 9.17) is 14.5 Å². The van der Waals surface area contributed by atoms with Crippen molar-refractivity contribution in [1.82, 2.24) is 35.5 Å². The molecule has 2 aliphatic rings. The quantitative estimate of drug-likeness (QED) is 0.103. The number of carbonyl (C=O) groups is 4. The van der Waals surface area contributed by atoms with E-state index in [0.717, 1.165) is 56.9 Å². The highest BCUT2D eigenvalue weighted by Crippen LogP contribution is 2.44. The lowest BCUT2D eigenvalue weighted by atomic mass is 10.0. The van der Waals surface area contributed by atoms with Gasteiger partial charge in [-0.3, -0.25) is 14.5 Å². The molecular weight excluding hydrogens is 737 g/mol. The number of nitrogens with zero attached hydrogens (tertiary/aromatic N) is 4. The molecule has 4 N–H and O–H groups in total. The first kappa shape index (κ1) is 39.8. The molecule has 302 valence electrons. The lowest BCUT2D eigenvalue weighted by Crippen LogP contribution is -2.52. The molecule has 0 fully saturated rings. The third-order valence-electron chi connectivity index (χ3n) is 11.1. The van der Waals surface area contributed by atoms with Gasteiger partial charge in [-0.15, -0.1) is 0 Å². The van der Waals surface area contributed by atoms with Crippen LogP contribution in [0.3, 0.4) is 0 Å². The van der Waals surface area contributed by atoms with Crippen molar-refractivity contribution in [2.75, 3.05) is 25.7 Å². The number of benzene rings is 3. The van der Waals surface area contributed by atoms with Gasteiger partial charge in [0.15, 0.2) is 0 Å². The molecule has 4 amide bonds. The fourth-order valence-corrected chi connectivity index (χ4v) is 7.98. The number of rotatable bonds is 12. The number of H-pyrrole nitrogens is 2. The number of hydrogen-bond acceptors (Lipinski definition) is 8. The molecular formula is C44H50N8O6. The maximum absolute atomic E-state index is 13.9. The normalized spacial score (nSPS) is 16.9. The molecule has 0 unspecified atom stereocenters. The van der Waals surface area contributed by atoms with Gasteiger partial charge in [0.1, 0.15) is 23.7 Å². The summed E-state index contributed by atoms with van der Waals surface area (Å²) in [5.41, 5.74) is 8.74. The van der Waals surface area contributed by atoms with Crippen molar-refractivity contribution in [3.8, 4) is 33.6 Å². The van der Waals surface area contributed by atoms with Crippen molar-refractivity contribution in [3.05, 3.63) is 102 Å². The number of hydrogen-bond donors (Lipinski definition) is 4. The number of aromatic nitrogens is 4. The van der Waals surface area contributed by atoms with E-state index >= 15 is 0 Å². The summed E-state index contributed by atoms with van der Waals surface area (Å²) in [6.45, 7) is 8.23. The van der Waals surface area contributed by atoms with Crippen LogP contribution < -0.4 is 15.5 Å². The summed E-state index contributed by atoms with van der Waals surface area (Å²) in [6.07, 6.45) is 4.81. The van der Waals surface area contributed by atoms with E-state index in [-0.39, 0.29) is 29.8 Å². The van der Waals surface area contributed by atoms with E-state index in [0.29, 0.717) is 37.5 Å². The molecule has 14 nitrogen and oxygen atoms in total. The number of para-hydroxylation sites is 1. The van der Waals surface area contributed by atoms with Gasteiger partial charge < -0.3 is 35.0 Å². The predicted octanol–water partition coefficient (Wildman–Crippen LogP) is 7.12. The molecule has 0 bridgehead atoms. The van der Waals surface area contributed by atoms with Crippen molar-refractivity contribution in [2.24, 2.45) is 5.92 Å². The summed E-state index contributed by atoms with van der Waals surface area (Å²) in [5, 5.41) is 5.42. The molecule has 5 aromatic rings. The number of aryl methyl sites for hydroxylation is 1. The molecule has 4 atom stereocenters. The maximum atomic E-state index is 13.9. The van der Waals surface area contributed by atoms with Gasteiger partial charge in [-0.1, -0.05) is 87.5 Å². The first-order valence-electron chi connectivity index (χ1n) is 19.8. The number of ether oxygens (including phenoxy) is 2. The van der Waals surface area contributed by atoms with E-state index in [1.165, 1.54) is 14.2 Å². The summed E-state index contributed by atoms with van der Waals surface area (Å²) in [6, 6.07) is 20.4. The van der Waals surface area contributed by atoms with Crippen LogP contribution in [0.2, 0.25) is 0 Å². The highest BCUT2D eigenvalue weighted by atomic mass is 16.5. The fourth-order valence-electron chi connectivity index (χ4n) is 7.98. The second kappa shape index (κ2) is 17.0. The van der Waals surface area contributed by atoms with Crippen LogP contribution in [0.4, 0.5) is 15.3 Å². The average Bonchev–Trinajstić information content (AvgIpc) is 4.00. The Kier molecular flexibility index (Phi) is 11.6. The van der Waals surface area contributed by atoms with Crippen molar-refractivity contribution < 1.29 is 28.7 Å². The van der Waals surface area contributed by atoms with Crippen LogP contribution in [0.25, 0.3) is 33.6 Å². The van der Waals surface area contributed by atoms with Crippen LogP contribution in [0.1, 0.15) is 75.4 Å². The molecule has 0 spiro atoms. The SMILES string of the molecule is CCCN(C(=O)[C@@H](NC(=O)OC)C(C)C)[C@@H](C)c1ncc(-c2ccc(-c3ccc(-c4cnc([C@@H]5Cc6cccc7c6N5C(=O)[C@@H](NC(=O)OC)CC7)[nH]4)cc3)cc2)[nH]1. The van der Waals surface area contributed by atoms with Gasteiger partial charge >= 0.3 is 12.2 Å². The largest absolute Gasteiger partial charge is 0.453 e. The Morgan fingerprint density at radius 3 is 2.07 bits per heavy atom. The van der Waals surface area contributed by atoms with Gasteiger partial charge in [0, 0.05) is 13.0 Å². The average molecular weight is 787 g/mol. The number of imidazole rings is 2. The minimum absolute atomic E-state index is 0.135. The molecule has 0 saturated carbocycles.